The van der Waals surface area contributed by atoms with Gasteiger partial charge in [0.15, 0.2) is 0 Å². The van der Waals surface area contributed by atoms with Crippen molar-refractivity contribution < 1.29 is 0 Å². The van der Waals surface area contributed by atoms with Crippen LogP contribution in [-0.4, -0.2) is 30.1 Å². The zero-order valence-electron chi connectivity index (χ0n) is 8.00. The molecular weight excluding hydrogens is 148 g/mol. The number of rotatable bonds is 3. The van der Waals surface area contributed by atoms with Crippen LogP contribution in [0.2, 0.25) is 0 Å². The third-order valence-electron chi connectivity index (χ3n) is 3.47. The van der Waals surface area contributed by atoms with Gasteiger partial charge in [0.1, 0.15) is 0 Å². The minimum Gasteiger partial charge on any atom is -0.330 e. The maximum absolute atomic E-state index is 5.76. The van der Waals surface area contributed by atoms with Gasteiger partial charge in [-0.1, -0.05) is 6.92 Å². The van der Waals surface area contributed by atoms with E-state index >= 15 is 0 Å². The van der Waals surface area contributed by atoms with E-state index in [9.17, 15) is 0 Å². The fourth-order valence-corrected chi connectivity index (χ4v) is 2.65. The molecule has 2 atom stereocenters. The number of nitrogens with two attached hydrogens (primary N) is 1. The summed E-state index contributed by atoms with van der Waals surface area (Å²) in [6, 6.07) is 1.74. The molecule has 0 amide bonds. The lowest BCUT2D eigenvalue weighted by Gasteiger charge is -2.26. The lowest BCUT2D eigenvalue weighted by Crippen LogP contribution is -2.36. The van der Waals surface area contributed by atoms with Crippen molar-refractivity contribution in [2.45, 2.75) is 44.7 Å². The standard InChI is InChI=1S/C10H20N2/c1-2-10-8(7-11)5-6-12(10)9-3-4-9/h8-10H,2-7,11H2,1H3. The predicted molar refractivity (Wildman–Crippen MR) is 51.0 cm³/mol. The second kappa shape index (κ2) is 3.35. The number of likely N-dealkylation sites (tertiary alicyclic amines) is 1. The molecule has 2 unspecified atom stereocenters. The SMILES string of the molecule is CCC1C(CN)CCN1C1CC1. The minimum absolute atomic E-state index is 0.788. The van der Waals surface area contributed by atoms with Crippen LogP contribution in [0.15, 0.2) is 0 Å². The maximum Gasteiger partial charge on any atom is 0.0136 e. The van der Waals surface area contributed by atoms with E-state index < -0.39 is 0 Å². The lowest BCUT2D eigenvalue weighted by atomic mass is 9.98. The molecule has 0 radical (unpaired) electrons. The fourth-order valence-electron chi connectivity index (χ4n) is 2.65. The highest BCUT2D eigenvalue weighted by molar-refractivity contribution is 4.95. The van der Waals surface area contributed by atoms with Gasteiger partial charge in [0.05, 0.1) is 0 Å². The molecule has 2 aliphatic rings. The molecule has 12 heavy (non-hydrogen) atoms. The molecule has 2 N–H and O–H groups in total. The Bertz CT molecular complexity index is 154. The molecule has 1 heterocycles. The third kappa shape index (κ3) is 1.38. The Morgan fingerprint density at radius 2 is 2.08 bits per heavy atom. The van der Waals surface area contributed by atoms with E-state index in [1.807, 2.05) is 0 Å². The summed E-state index contributed by atoms with van der Waals surface area (Å²) in [6.45, 7) is 4.50. The van der Waals surface area contributed by atoms with Gasteiger partial charge in [-0.15, -0.1) is 0 Å². The van der Waals surface area contributed by atoms with Crippen molar-refractivity contribution in [1.29, 1.82) is 0 Å². The highest BCUT2D eigenvalue weighted by atomic mass is 15.2. The summed E-state index contributed by atoms with van der Waals surface area (Å²) in [4.78, 5) is 2.71. The van der Waals surface area contributed by atoms with E-state index in [0.717, 1.165) is 24.5 Å². The molecule has 0 bridgehead atoms. The molecule has 0 aromatic heterocycles. The van der Waals surface area contributed by atoms with Gasteiger partial charge in [0.25, 0.3) is 0 Å². The molecule has 70 valence electrons. The largest absolute Gasteiger partial charge is 0.330 e. The van der Waals surface area contributed by atoms with Crippen molar-refractivity contribution in [3.8, 4) is 0 Å². The van der Waals surface area contributed by atoms with Crippen LogP contribution in [0.1, 0.15) is 32.6 Å². The first kappa shape index (κ1) is 8.52. The van der Waals surface area contributed by atoms with Crippen molar-refractivity contribution in [2.75, 3.05) is 13.1 Å². The first-order valence-electron chi connectivity index (χ1n) is 5.32. The quantitative estimate of drug-likeness (QED) is 0.686. The van der Waals surface area contributed by atoms with Gasteiger partial charge in [-0.3, -0.25) is 4.90 Å². The van der Waals surface area contributed by atoms with Crippen LogP contribution in [0, 0.1) is 5.92 Å². The molecule has 2 heteroatoms. The number of nitrogens with zero attached hydrogens (tertiary/aromatic N) is 1. The molecule has 2 rings (SSSR count). The van der Waals surface area contributed by atoms with Gasteiger partial charge in [-0.25, -0.2) is 0 Å². The van der Waals surface area contributed by atoms with Gasteiger partial charge in [0.2, 0.25) is 0 Å². The van der Waals surface area contributed by atoms with E-state index in [1.165, 1.54) is 32.2 Å². The second-order valence-electron chi connectivity index (χ2n) is 4.23. The van der Waals surface area contributed by atoms with E-state index in [0.29, 0.717) is 0 Å². The zero-order valence-corrected chi connectivity index (χ0v) is 8.00. The summed E-state index contributed by atoms with van der Waals surface area (Å²) < 4.78 is 0. The first-order valence-corrected chi connectivity index (χ1v) is 5.32. The summed E-state index contributed by atoms with van der Waals surface area (Å²) in [5.74, 6) is 0.788. The molecule has 1 aliphatic heterocycles. The molecule has 2 fully saturated rings. The van der Waals surface area contributed by atoms with Crippen molar-refractivity contribution >= 4 is 0 Å². The Labute approximate surface area is 75.1 Å². The molecule has 2 nitrogen and oxygen atoms in total. The lowest BCUT2D eigenvalue weighted by molar-refractivity contribution is 0.212. The smallest absolute Gasteiger partial charge is 0.0136 e. The second-order valence-corrected chi connectivity index (χ2v) is 4.23. The predicted octanol–water partition coefficient (Wildman–Crippen LogP) is 1.21. The van der Waals surface area contributed by atoms with Crippen LogP contribution in [-0.2, 0) is 0 Å². The Morgan fingerprint density at radius 3 is 2.58 bits per heavy atom. The average Bonchev–Trinajstić information content (AvgIpc) is 2.85. The average molecular weight is 168 g/mol. The van der Waals surface area contributed by atoms with Crippen molar-refractivity contribution in [3.05, 3.63) is 0 Å². The van der Waals surface area contributed by atoms with Crippen LogP contribution in [0.25, 0.3) is 0 Å². The monoisotopic (exact) mass is 168 g/mol. The normalized spacial score (nSPS) is 37.5. The molecule has 1 saturated heterocycles. The Balaban J connectivity index is 1.96. The number of hydrogen-bond acceptors (Lipinski definition) is 2. The van der Waals surface area contributed by atoms with Gasteiger partial charge in [-0.2, -0.15) is 0 Å². The van der Waals surface area contributed by atoms with Crippen LogP contribution < -0.4 is 5.73 Å². The Kier molecular flexibility index (Phi) is 2.37. The summed E-state index contributed by atoms with van der Waals surface area (Å²) in [5, 5.41) is 0. The summed E-state index contributed by atoms with van der Waals surface area (Å²) in [7, 11) is 0. The highest BCUT2D eigenvalue weighted by Gasteiger charge is 2.40. The van der Waals surface area contributed by atoms with Crippen molar-refractivity contribution in [2.24, 2.45) is 11.7 Å². The van der Waals surface area contributed by atoms with Crippen molar-refractivity contribution in [1.82, 2.24) is 4.90 Å². The Morgan fingerprint density at radius 1 is 1.33 bits per heavy atom. The Hall–Kier alpha value is -0.0800. The van der Waals surface area contributed by atoms with E-state index in [1.54, 1.807) is 0 Å². The summed E-state index contributed by atoms with van der Waals surface area (Å²) in [6.07, 6.45) is 5.51. The van der Waals surface area contributed by atoms with Gasteiger partial charge >= 0.3 is 0 Å². The van der Waals surface area contributed by atoms with Crippen LogP contribution in [0.4, 0.5) is 0 Å². The van der Waals surface area contributed by atoms with Crippen LogP contribution >= 0.6 is 0 Å². The van der Waals surface area contributed by atoms with E-state index in [2.05, 4.69) is 11.8 Å². The molecular formula is C10H20N2. The molecule has 0 spiro atoms. The number of hydrogen-bond donors (Lipinski definition) is 1. The molecule has 0 aromatic rings. The third-order valence-corrected chi connectivity index (χ3v) is 3.47. The zero-order chi connectivity index (χ0) is 8.55. The van der Waals surface area contributed by atoms with E-state index in [-0.39, 0.29) is 0 Å². The summed E-state index contributed by atoms with van der Waals surface area (Å²) in [5.41, 5.74) is 5.76. The van der Waals surface area contributed by atoms with Gasteiger partial charge in [-0.05, 0) is 44.7 Å². The topological polar surface area (TPSA) is 29.3 Å². The highest BCUT2D eigenvalue weighted by Crippen LogP contribution is 2.36. The first-order chi connectivity index (χ1) is 5.86. The summed E-state index contributed by atoms with van der Waals surface area (Å²) >= 11 is 0. The minimum atomic E-state index is 0.788. The van der Waals surface area contributed by atoms with E-state index in [4.69, 9.17) is 5.73 Å². The van der Waals surface area contributed by atoms with Gasteiger partial charge in [0, 0.05) is 12.1 Å². The molecule has 1 saturated carbocycles. The fraction of sp³-hybridized carbons (Fsp3) is 1.00. The van der Waals surface area contributed by atoms with Crippen LogP contribution in [0.5, 0.6) is 0 Å². The van der Waals surface area contributed by atoms with Gasteiger partial charge < -0.3 is 5.73 Å². The maximum atomic E-state index is 5.76. The molecule has 1 aliphatic carbocycles. The van der Waals surface area contributed by atoms with Crippen LogP contribution in [0.3, 0.4) is 0 Å². The van der Waals surface area contributed by atoms with Crippen molar-refractivity contribution in [3.63, 3.8) is 0 Å². The molecule has 0 aromatic carbocycles.